The predicted octanol–water partition coefficient (Wildman–Crippen LogP) is 3.17. The number of carbonyl (C=O) groups excluding carboxylic acids is 1. The van der Waals surface area contributed by atoms with Crippen LogP contribution in [0.2, 0.25) is 0 Å². The largest absolute Gasteiger partial charge is 0.482 e. The number of carbonyl (C=O) groups is 1. The molecule has 8 nitrogen and oxygen atoms in total. The van der Waals surface area contributed by atoms with Crippen molar-refractivity contribution in [2.45, 2.75) is 25.6 Å². The summed E-state index contributed by atoms with van der Waals surface area (Å²) in [6, 6.07) is 10.5. The standard InChI is InChI=1S/C19H17N3O5S/c23-13-9-15(27-11-16(13)26-10-12-5-2-1-3-6-12)17(24)20-19-22-21-18(28-19)14-7-4-8-25-14/h1-3,5-6,9,11,14H,4,7-8,10H2,(H,20,22,24)/t14-/m0/s1. The highest BCUT2D eigenvalue weighted by Crippen LogP contribution is 2.31. The molecule has 1 amide bonds. The molecular formula is C19H17N3O5S. The van der Waals surface area contributed by atoms with Gasteiger partial charge in [0.05, 0.1) is 0 Å². The van der Waals surface area contributed by atoms with Crippen LogP contribution >= 0.6 is 11.3 Å². The van der Waals surface area contributed by atoms with Gasteiger partial charge in [-0.1, -0.05) is 41.7 Å². The highest BCUT2D eigenvalue weighted by molar-refractivity contribution is 7.15. The second-order valence-electron chi connectivity index (χ2n) is 6.15. The molecule has 3 heterocycles. The Morgan fingerprint density at radius 2 is 2.14 bits per heavy atom. The molecule has 1 saturated heterocycles. The zero-order valence-electron chi connectivity index (χ0n) is 14.8. The number of anilines is 1. The molecule has 0 bridgehead atoms. The first-order valence-electron chi connectivity index (χ1n) is 8.75. The Morgan fingerprint density at radius 3 is 2.89 bits per heavy atom. The Balaban J connectivity index is 1.39. The molecule has 1 N–H and O–H groups in total. The van der Waals surface area contributed by atoms with Gasteiger partial charge in [0.2, 0.25) is 16.3 Å². The van der Waals surface area contributed by atoms with Gasteiger partial charge in [-0.15, -0.1) is 10.2 Å². The maximum Gasteiger partial charge on any atom is 0.293 e. The Labute approximate surface area is 164 Å². The van der Waals surface area contributed by atoms with E-state index in [1.54, 1.807) is 0 Å². The van der Waals surface area contributed by atoms with Crippen LogP contribution in [0.25, 0.3) is 0 Å². The summed E-state index contributed by atoms with van der Waals surface area (Å²) in [7, 11) is 0. The van der Waals surface area contributed by atoms with Gasteiger partial charge < -0.3 is 13.9 Å². The summed E-state index contributed by atoms with van der Waals surface area (Å²) in [5.74, 6) is -0.676. The second-order valence-corrected chi connectivity index (χ2v) is 7.16. The monoisotopic (exact) mass is 399 g/mol. The number of nitrogens with one attached hydrogen (secondary N) is 1. The van der Waals surface area contributed by atoms with E-state index >= 15 is 0 Å². The number of aromatic nitrogens is 2. The number of benzene rings is 1. The maximum atomic E-state index is 12.3. The van der Waals surface area contributed by atoms with E-state index in [1.165, 1.54) is 11.3 Å². The van der Waals surface area contributed by atoms with Gasteiger partial charge >= 0.3 is 0 Å². The summed E-state index contributed by atoms with van der Waals surface area (Å²) in [5, 5.41) is 11.6. The molecule has 9 heteroatoms. The van der Waals surface area contributed by atoms with Crippen molar-refractivity contribution in [3.8, 4) is 5.75 Å². The predicted molar refractivity (Wildman–Crippen MR) is 102 cm³/mol. The first-order valence-corrected chi connectivity index (χ1v) is 9.56. The molecule has 1 fully saturated rings. The van der Waals surface area contributed by atoms with Crippen molar-refractivity contribution in [3.63, 3.8) is 0 Å². The highest BCUT2D eigenvalue weighted by Gasteiger charge is 2.23. The van der Waals surface area contributed by atoms with Gasteiger partial charge in [-0.05, 0) is 18.4 Å². The molecule has 1 aliphatic heterocycles. The Kier molecular flexibility index (Phi) is 5.45. The number of hydrogen-bond acceptors (Lipinski definition) is 8. The van der Waals surface area contributed by atoms with Gasteiger partial charge in [-0.25, -0.2) is 0 Å². The molecule has 1 aliphatic rings. The zero-order valence-corrected chi connectivity index (χ0v) is 15.6. The van der Waals surface area contributed by atoms with Crippen molar-refractivity contribution in [2.75, 3.05) is 11.9 Å². The fourth-order valence-corrected chi connectivity index (χ4v) is 3.53. The SMILES string of the molecule is O=C(Nc1nnc([C@@H]2CCCO2)s1)c1cc(=O)c(OCc2ccccc2)co1. The molecule has 1 aromatic carbocycles. The molecule has 28 heavy (non-hydrogen) atoms. The molecular weight excluding hydrogens is 382 g/mol. The average Bonchev–Trinajstić information content (AvgIpc) is 3.39. The van der Waals surface area contributed by atoms with E-state index in [4.69, 9.17) is 13.9 Å². The Morgan fingerprint density at radius 1 is 1.29 bits per heavy atom. The van der Waals surface area contributed by atoms with E-state index in [-0.39, 0.29) is 24.2 Å². The summed E-state index contributed by atoms with van der Waals surface area (Å²) in [6.07, 6.45) is 2.94. The second kappa shape index (κ2) is 8.32. The van der Waals surface area contributed by atoms with E-state index in [0.717, 1.165) is 35.7 Å². The van der Waals surface area contributed by atoms with Crippen molar-refractivity contribution >= 4 is 22.4 Å². The molecule has 144 valence electrons. The Bertz CT molecular complexity index is 1010. The van der Waals surface area contributed by atoms with Gasteiger partial charge in [0.25, 0.3) is 5.91 Å². The van der Waals surface area contributed by atoms with Gasteiger partial charge in [0.1, 0.15) is 24.0 Å². The lowest BCUT2D eigenvalue weighted by atomic mass is 10.2. The summed E-state index contributed by atoms with van der Waals surface area (Å²) in [5.41, 5.74) is 0.478. The number of amides is 1. The maximum absolute atomic E-state index is 12.3. The minimum absolute atomic E-state index is 0.0389. The molecule has 0 spiro atoms. The van der Waals surface area contributed by atoms with Crippen molar-refractivity contribution in [1.29, 1.82) is 0 Å². The number of nitrogens with zero attached hydrogens (tertiary/aromatic N) is 2. The van der Waals surface area contributed by atoms with Crippen LogP contribution in [0.4, 0.5) is 5.13 Å². The van der Waals surface area contributed by atoms with Crippen LogP contribution in [0.1, 0.15) is 40.1 Å². The third kappa shape index (κ3) is 4.26. The molecule has 2 aromatic heterocycles. The minimum atomic E-state index is -0.582. The van der Waals surface area contributed by atoms with Gasteiger partial charge in [0.15, 0.2) is 5.76 Å². The zero-order chi connectivity index (χ0) is 19.3. The topological polar surface area (TPSA) is 104 Å². The fourth-order valence-electron chi connectivity index (χ4n) is 2.71. The van der Waals surface area contributed by atoms with Gasteiger partial charge in [0, 0.05) is 12.7 Å². The van der Waals surface area contributed by atoms with E-state index in [0.29, 0.717) is 11.7 Å². The summed E-state index contributed by atoms with van der Waals surface area (Å²) < 4.78 is 16.3. The van der Waals surface area contributed by atoms with Crippen LogP contribution in [0.5, 0.6) is 5.75 Å². The summed E-state index contributed by atoms with van der Waals surface area (Å²) in [6.45, 7) is 0.934. The molecule has 3 aromatic rings. The van der Waals surface area contributed by atoms with Crippen molar-refractivity contribution in [2.24, 2.45) is 0 Å². The van der Waals surface area contributed by atoms with Crippen LogP contribution in [0, 0.1) is 0 Å². The first kappa shape index (κ1) is 18.3. The fraction of sp³-hybridized carbons (Fsp3) is 0.263. The lowest BCUT2D eigenvalue weighted by molar-refractivity contribution is 0.0993. The number of rotatable bonds is 6. The molecule has 4 rings (SSSR count). The quantitative estimate of drug-likeness (QED) is 0.679. The minimum Gasteiger partial charge on any atom is -0.482 e. The molecule has 0 aliphatic carbocycles. The third-order valence-corrected chi connectivity index (χ3v) is 5.06. The van der Waals surface area contributed by atoms with E-state index in [1.807, 2.05) is 30.3 Å². The average molecular weight is 399 g/mol. The smallest absolute Gasteiger partial charge is 0.293 e. The van der Waals surface area contributed by atoms with Gasteiger partial charge in [-0.3, -0.25) is 14.9 Å². The summed E-state index contributed by atoms with van der Waals surface area (Å²) >= 11 is 1.24. The molecule has 0 saturated carbocycles. The Hall–Kier alpha value is -3.04. The summed E-state index contributed by atoms with van der Waals surface area (Å²) in [4.78, 5) is 24.5. The number of ether oxygens (including phenoxy) is 2. The number of hydrogen-bond donors (Lipinski definition) is 1. The van der Waals surface area contributed by atoms with Crippen LogP contribution in [0.15, 0.2) is 51.9 Å². The van der Waals surface area contributed by atoms with Crippen molar-refractivity contribution < 1.29 is 18.7 Å². The molecule has 0 unspecified atom stereocenters. The van der Waals surface area contributed by atoms with Crippen LogP contribution in [0.3, 0.4) is 0 Å². The normalized spacial score (nSPS) is 16.1. The lowest BCUT2D eigenvalue weighted by Gasteiger charge is -2.06. The lowest BCUT2D eigenvalue weighted by Crippen LogP contribution is -2.15. The van der Waals surface area contributed by atoms with Crippen LogP contribution < -0.4 is 15.5 Å². The molecule has 0 radical (unpaired) electrons. The van der Waals surface area contributed by atoms with E-state index < -0.39 is 11.3 Å². The molecule has 1 atom stereocenters. The van der Waals surface area contributed by atoms with Crippen LogP contribution in [-0.2, 0) is 11.3 Å². The first-order chi connectivity index (χ1) is 13.7. The van der Waals surface area contributed by atoms with E-state index in [9.17, 15) is 9.59 Å². The van der Waals surface area contributed by atoms with Crippen molar-refractivity contribution in [3.05, 3.63) is 69.2 Å². The van der Waals surface area contributed by atoms with E-state index in [2.05, 4.69) is 15.5 Å². The van der Waals surface area contributed by atoms with Crippen LogP contribution in [-0.4, -0.2) is 22.7 Å². The van der Waals surface area contributed by atoms with Crippen molar-refractivity contribution in [1.82, 2.24) is 10.2 Å². The third-order valence-electron chi connectivity index (χ3n) is 4.13. The van der Waals surface area contributed by atoms with Gasteiger partial charge in [-0.2, -0.15) is 0 Å². The highest BCUT2D eigenvalue weighted by atomic mass is 32.1.